The number of hydrogen-bond acceptors (Lipinski definition) is 3. The summed E-state index contributed by atoms with van der Waals surface area (Å²) in [5.74, 6) is 1.61. The van der Waals surface area contributed by atoms with E-state index in [1.54, 1.807) is 18.4 Å². The molecule has 1 aromatic carbocycles. The van der Waals surface area contributed by atoms with Gasteiger partial charge in [-0.3, -0.25) is 0 Å². The molecule has 0 radical (unpaired) electrons. The van der Waals surface area contributed by atoms with Crippen molar-refractivity contribution in [3.8, 4) is 5.75 Å². The molecular formula is C16H18ClNOS. The topological polar surface area (TPSA) is 21.3 Å². The van der Waals surface area contributed by atoms with E-state index in [1.165, 1.54) is 23.3 Å². The lowest BCUT2D eigenvalue weighted by Gasteiger charge is -2.36. The molecule has 1 aliphatic rings. The van der Waals surface area contributed by atoms with E-state index in [2.05, 4.69) is 23.5 Å². The molecule has 1 N–H and O–H groups in total. The molecule has 1 aliphatic carbocycles. The third kappa shape index (κ3) is 3.17. The maximum atomic E-state index is 5.93. The third-order valence-corrected chi connectivity index (χ3v) is 5.15. The summed E-state index contributed by atoms with van der Waals surface area (Å²) in [5.41, 5.74) is 1.42. The molecule has 0 atom stereocenters. The molecule has 0 amide bonds. The number of methoxy groups -OCH3 is 1. The molecule has 106 valence electrons. The van der Waals surface area contributed by atoms with Gasteiger partial charge in [-0.2, -0.15) is 0 Å². The van der Waals surface area contributed by atoms with Crippen LogP contribution in [0.3, 0.4) is 0 Å². The smallest absolute Gasteiger partial charge is 0.118 e. The van der Waals surface area contributed by atoms with Crippen molar-refractivity contribution in [3.05, 3.63) is 51.2 Å². The molecule has 1 heterocycles. The summed E-state index contributed by atoms with van der Waals surface area (Å²) in [6.07, 6.45) is 2.43. The van der Waals surface area contributed by atoms with Gasteiger partial charge in [0.2, 0.25) is 0 Å². The fourth-order valence-electron chi connectivity index (χ4n) is 2.62. The van der Waals surface area contributed by atoms with Gasteiger partial charge in [0.1, 0.15) is 5.75 Å². The van der Waals surface area contributed by atoms with Crippen molar-refractivity contribution in [2.24, 2.45) is 0 Å². The molecule has 0 aliphatic heterocycles. The lowest BCUT2D eigenvalue weighted by atomic mass is 9.76. The standard InChI is InChI=1S/C16H18ClNOS/c1-19-14-4-2-11(3-5-14)12-8-13(9-12)18-10-15-6-7-16(17)20-15/h2-7,12-13,18H,8-10H2,1H3. The maximum absolute atomic E-state index is 5.93. The van der Waals surface area contributed by atoms with Crippen LogP contribution < -0.4 is 10.1 Å². The molecule has 4 heteroatoms. The van der Waals surface area contributed by atoms with Gasteiger partial charge in [0, 0.05) is 17.5 Å². The summed E-state index contributed by atoms with van der Waals surface area (Å²) in [7, 11) is 1.70. The Morgan fingerprint density at radius 3 is 2.55 bits per heavy atom. The Balaban J connectivity index is 1.46. The van der Waals surface area contributed by atoms with E-state index in [1.807, 2.05) is 18.2 Å². The van der Waals surface area contributed by atoms with Crippen LogP contribution in [0.5, 0.6) is 5.75 Å². The molecule has 1 saturated carbocycles. The van der Waals surface area contributed by atoms with Gasteiger partial charge in [-0.05, 0) is 48.6 Å². The van der Waals surface area contributed by atoms with Crippen LogP contribution in [0.25, 0.3) is 0 Å². The zero-order valence-electron chi connectivity index (χ0n) is 11.4. The predicted octanol–water partition coefficient (Wildman–Crippen LogP) is 4.45. The van der Waals surface area contributed by atoms with E-state index in [-0.39, 0.29) is 0 Å². The number of benzene rings is 1. The van der Waals surface area contributed by atoms with Crippen molar-refractivity contribution in [1.29, 1.82) is 0 Å². The number of nitrogens with one attached hydrogen (secondary N) is 1. The minimum Gasteiger partial charge on any atom is -0.497 e. The van der Waals surface area contributed by atoms with Gasteiger partial charge in [0.25, 0.3) is 0 Å². The van der Waals surface area contributed by atoms with E-state index in [9.17, 15) is 0 Å². The van der Waals surface area contributed by atoms with Crippen LogP contribution in [0.15, 0.2) is 36.4 Å². The Kier molecular flexibility index (Phi) is 4.29. The van der Waals surface area contributed by atoms with Crippen molar-refractivity contribution in [3.63, 3.8) is 0 Å². The fourth-order valence-corrected chi connectivity index (χ4v) is 3.66. The molecule has 1 aromatic heterocycles. The summed E-state index contributed by atoms with van der Waals surface area (Å²) in [6.45, 7) is 0.928. The van der Waals surface area contributed by atoms with Crippen LogP contribution in [0.1, 0.15) is 29.2 Å². The fraction of sp³-hybridized carbons (Fsp3) is 0.375. The molecule has 0 saturated heterocycles. The Labute approximate surface area is 128 Å². The number of thiophene rings is 1. The SMILES string of the molecule is COc1ccc(C2CC(NCc3ccc(Cl)s3)C2)cc1. The third-order valence-electron chi connectivity index (χ3n) is 3.92. The van der Waals surface area contributed by atoms with Gasteiger partial charge in [0.15, 0.2) is 0 Å². The zero-order chi connectivity index (χ0) is 13.9. The van der Waals surface area contributed by atoms with Gasteiger partial charge in [-0.25, -0.2) is 0 Å². The Hall–Kier alpha value is -1.03. The van der Waals surface area contributed by atoms with Crippen molar-refractivity contribution in [1.82, 2.24) is 5.32 Å². The average Bonchev–Trinajstić information content (AvgIpc) is 2.83. The second-order valence-electron chi connectivity index (χ2n) is 5.23. The Morgan fingerprint density at radius 1 is 1.20 bits per heavy atom. The van der Waals surface area contributed by atoms with Gasteiger partial charge in [-0.15, -0.1) is 11.3 Å². The lowest BCUT2D eigenvalue weighted by molar-refractivity contribution is 0.290. The summed E-state index contributed by atoms with van der Waals surface area (Å²) in [5, 5.41) is 3.60. The van der Waals surface area contributed by atoms with E-state index >= 15 is 0 Å². The number of hydrogen-bond donors (Lipinski definition) is 1. The first-order valence-electron chi connectivity index (χ1n) is 6.86. The zero-order valence-corrected chi connectivity index (χ0v) is 13.0. The molecule has 2 aromatic rings. The first kappa shape index (κ1) is 13.9. The van der Waals surface area contributed by atoms with E-state index in [0.717, 1.165) is 16.6 Å². The van der Waals surface area contributed by atoms with Crippen molar-refractivity contribution in [2.45, 2.75) is 31.3 Å². The second kappa shape index (κ2) is 6.17. The first-order valence-corrected chi connectivity index (χ1v) is 8.05. The van der Waals surface area contributed by atoms with Gasteiger partial charge in [0.05, 0.1) is 11.4 Å². The largest absolute Gasteiger partial charge is 0.497 e. The molecular weight excluding hydrogens is 290 g/mol. The van der Waals surface area contributed by atoms with Crippen LogP contribution in [0, 0.1) is 0 Å². The van der Waals surface area contributed by atoms with Crippen LogP contribution >= 0.6 is 22.9 Å². The normalized spacial score (nSPS) is 21.5. The number of ether oxygens (including phenoxy) is 1. The van der Waals surface area contributed by atoms with Crippen molar-refractivity contribution in [2.75, 3.05) is 7.11 Å². The molecule has 0 bridgehead atoms. The molecule has 0 spiro atoms. The Bertz CT molecular complexity index is 560. The summed E-state index contributed by atoms with van der Waals surface area (Å²) in [6, 6.07) is 13.1. The minimum atomic E-state index is 0.628. The van der Waals surface area contributed by atoms with Gasteiger partial charge >= 0.3 is 0 Å². The van der Waals surface area contributed by atoms with Crippen LogP contribution in [0.4, 0.5) is 0 Å². The molecule has 20 heavy (non-hydrogen) atoms. The van der Waals surface area contributed by atoms with Crippen LogP contribution in [0.2, 0.25) is 4.34 Å². The quantitative estimate of drug-likeness (QED) is 0.881. The second-order valence-corrected chi connectivity index (χ2v) is 7.02. The highest BCUT2D eigenvalue weighted by atomic mass is 35.5. The van der Waals surface area contributed by atoms with E-state index in [4.69, 9.17) is 16.3 Å². The van der Waals surface area contributed by atoms with Crippen molar-refractivity contribution >= 4 is 22.9 Å². The number of rotatable bonds is 5. The number of halogens is 1. The highest BCUT2D eigenvalue weighted by Crippen LogP contribution is 2.37. The summed E-state index contributed by atoms with van der Waals surface area (Å²) in [4.78, 5) is 1.31. The highest BCUT2D eigenvalue weighted by molar-refractivity contribution is 7.16. The van der Waals surface area contributed by atoms with Crippen molar-refractivity contribution < 1.29 is 4.74 Å². The predicted molar refractivity (Wildman–Crippen MR) is 84.9 cm³/mol. The van der Waals surface area contributed by atoms with E-state index < -0.39 is 0 Å². The maximum Gasteiger partial charge on any atom is 0.118 e. The summed E-state index contributed by atoms with van der Waals surface area (Å²) < 4.78 is 6.06. The lowest BCUT2D eigenvalue weighted by Crippen LogP contribution is -2.39. The highest BCUT2D eigenvalue weighted by Gasteiger charge is 2.29. The van der Waals surface area contributed by atoms with Crippen LogP contribution in [-0.4, -0.2) is 13.2 Å². The average molecular weight is 308 g/mol. The monoisotopic (exact) mass is 307 g/mol. The molecule has 3 rings (SSSR count). The summed E-state index contributed by atoms with van der Waals surface area (Å²) >= 11 is 7.59. The molecule has 1 fully saturated rings. The molecule has 0 unspecified atom stereocenters. The minimum absolute atomic E-state index is 0.628. The molecule has 2 nitrogen and oxygen atoms in total. The first-order chi connectivity index (χ1) is 9.74. The van der Waals surface area contributed by atoms with Gasteiger partial charge in [-0.1, -0.05) is 23.7 Å². The Morgan fingerprint density at radius 2 is 1.95 bits per heavy atom. The van der Waals surface area contributed by atoms with E-state index in [0.29, 0.717) is 12.0 Å². The van der Waals surface area contributed by atoms with Gasteiger partial charge < -0.3 is 10.1 Å². The van der Waals surface area contributed by atoms with Crippen LogP contribution in [-0.2, 0) is 6.54 Å².